The number of nitrogens with two attached hydrogens (primary N) is 1. The van der Waals surface area contributed by atoms with Crippen LogP contribution in [0.4, 0.5) is 0 Å². The minimum atomic E-state index is -3.98. The van der Waals surface area contributed by atoms with Gasteiger partial charge in [0.2, 0.25) is 21.8 Å². The zero-order valence-electron chi connectivity index (χ0n) is 32.5. The van der Waals surface area contributed by atoms with Gasteiger partial charge in [-0.1, -0.05) is 47.6 Å². The molecule has 13 nitrogen and oxygen atoms in total. The molecule has 292 valence electrons. The van der Waals surface area contributed by atoms with Crippen molar-refractivity contribution in [3.8, 4) is 22.2 Å². The smallest absolute Gasteiger partial charge is 0.259 e. The number of rotatable bonds is 12. The van der Waals surface area contributed by atoms with E-state index in [1.165, 1.54) is 22.3 Å². The molecule has 3 amide bonds. The van der Waals surface area contributed by atoms with Gasteiger partial charge in [-0.3, -0.25) is 19.1 Å². The predicted molar refractivity (Wildman–Crippen MR) is 209 cm³/mol. The molecular formula is C39H52N6O7S2. The molecule has 4 N–H and O–H groups in total. The highest BCUT2D eigenvalue weighted by atomic mass is 32.2. The first kappa shape index (κ1) is 39.6. The predicted octanol–water partition coefficient (Wildman–Crippen LogP) is 4.83. The van der Waals surface area contributed by atoms with Gasteiger partial charge < -0.3 is 25.4 Å². The van der Waals surface area contributed by atoms with E-state index in [1.807, 2.05) is 58.2 Å². The fraction of sp³-hybridized carbons (Fsp3) is 0.564. The number of sulfonamides is 1. The molecular weight excluding hydrogens is 729 g/mol. The number of benzene rings is 1. The summed E-state index contributed by atoms with van der Waals surface area (Å²) < 4.78 is 39.7. The second-order valence-electron chi connectivity index (χ2n) is 16.7. The van der Waals surface area contributed by atoms with Gasteiger partial charge in [-0.25, -0.2) is 18.4 Å². The molecule has 3 aromatic rings. The molecule has 3 heterocycles. The summed E-state index contributed by atoms with van der Waals surface area (Å²) in [5.74, 6) is -1.57. The van der Waals surface area contributed by atoms with Crippen LogP contribution in [0.5, 0.6) is 11.5 Å². The summed E-state index contributed by atoms with van der Waals surface area (Å²) in [5.41, 5.74) is 7.39. The maximum atomic E-state index is 14.5. The third kappa shape index (κ3) is 6.98. The topological polar surface area (TPSA) is 183 Å². The molecule has 2 aliphatic carbocycles. The monoisotopic (exact) mass is 780 g/mol. The van der Waals surface area contributed by atoms with Crippen LogP contribution in [-0.2, 0) is 24.4 Å². The molecule has 1 saturated heterocycles. The Hall–Kier alpha value is -4.08. The number of pyridine rings is 1. The Kier molecular flexibility index (Phi) is 10.2. The highest BCUT2D eigenvalue weighted by Crippen LogP contribution is 2.47. The first-order chi connectivity index (χ1) is 25.2. The Bertz CT molecular complexity index is 2120. The van der Waals surface area contributed by atoms with Gasteiger partial charge in [0, 0.05) is 34.2 Å². The van der Waals surface area contributed by atoms with Gasteiger partial charge in [-0.2, -0.15) is 0 Å². The standard InChI is InChI=1S/C39H52N6O7S2/c1-11-23-17-39(23,36(48)44-54(49,50)38(9)14-15-38)43-33(46)31-22(5)29(18-45(31)35(47)32(40)37(6,7)8)52-28-16-25(34-42-26(19-53-34)20(2)3)41-30-21(4)27(51-10)13-12-24(28)30/h11-13,16,19-20,22-23,29,31-32H,1,14-15,17-18,40H2,2-10H3,(H,43,46)(H,44,48)/t22-,23-,29+,31+,32+,39-/m1/s1. The second kappa shape index (κ2) is 13.9. The van der Waals surface area contributed by atoms with Crippen LogP contribution in [0.3, 0.4) is 0 Å². The number of thiazole rings is 1. The van der Waals surface area contributed by atoms with Crippen molar-refractivity contribution in [2.45, 2.75) is 109 Å². The molecule has 1 aromatic carbocycles. The molecule has 6 rings (SSSR count). The largest absolute Gasteiger partial charge is 0.496 e. The number of nitrogens with zero attached hydrogens (tertiary/aromatic N) is 3. The van der Waals surface area contributed by atoms with Crippen molar-refractivity contribution >= 4 is 50.0 Å². The molecule has 0 spiro atoms. The minimum Gasteiger partial charge on any atom is -0.496 e. The number of aromatic nitrogens is 2. The number of carbonyl (C=O) groups is 3. The van der Waals surface area contributed by atoms with E-state index in [4.69, 9.17) is 25.2 Å². The molecule has 3 fully saturated rings. The maximum absolute atomic E-state index is 14.5. The summed E-state index contributed by atoms with van der Waals surface area (Å²) in [6, 6.07) is 3.51. The van der Waals surface area contributed by atoms with Crippen LogP contribution >= 0.6 is 11.3 Å². The Morgan fingerprint density at radius 2 is 1.85 bits per heavy atom. The lowest BCUT2D eigenvalue weighted by Gasteiger charge is -2.33. The van der Waals surface area contributed by atoms with E-state index in [1.54, 1.807) is 14.0 Å². The molecule has 0 radical (unpaired) electrons. The summed E-state index contributed by atoms with van der Waals surface area (Å²) in [4.78, 5) is 53.6. The van der Waals surface area contributed by atoms with Crippen LogP contribution in [-0.4, -0.2) is 83.1 Å². The fourth-order valence-electron chi connectivity index (χ4n) is 7.01. The van der Waals surface area contributed by atoms with Gasteiger partial charge >= 0.3 is 0 Å². The van der Waals surface area contributed by atoms with Gasteiger partial charge in [-0.05, 0) is 56.6 Å². The van der Waals surface area contributed by atoms with E-state index >= 15 is 0 Å². The normalized spacial score (nSPS) is 25.3. The molecule has 3 aliphatic rings. The maximum Gasteiger partial charge on any atom is 0.259 e. The molecule has 2 aromatic heterocycles. The number of carbonyl (C=O) groups excluding carboxylic acids is 3. The van der Waals surface area contributed by atoms with Gasteiger partial charge in [0.15, 0.2) is 0 Å². The van der Waals surface area contributed by atoms with E-state index < -0.39 is 73.5 Å². The van der Waals surface area contributed by atoms with Crippen LogP contribution in [0.1, 0.15) is 84.9 Å². The minimum absolute atomic E-state index is 0.0295. The number of methoxy groups -OCH3 is 1. The van der Waals surface area contributed by atoms with E-state index in [9.17, 15) is 22.8 Å². The number of hydrogen-bond acceptors (Lipinski definition) is 11. The number of nitrogens with one attached hydrogen (secondary N) is 2. The van der Waals surface area contributed by atoms with Crippen molar-refractivity contribution in [2.75, 3.05) is 13.7 Å². The lowest BCUT2D eigenvalue weighted by Crippen LogP contribution is -2.60. The number of ether oxygens (including phenoxy) is 2. The van der Waals surface area contributed by atoms with Crippen LogP contribution < -0.4 is 25.2 Å². The summed E-state index contributed by atoms with van der Waals surface area (Å²) in [5, 5.41) is 6.32. The second-order valence-corrected chi connectivity index (χ2v) is 19.8. The lowest BCUT2D eigenvalue weighted by atomic mass is 9.86. The van der Waals surface area contributed by atoms with Crippen molar-refractivity contribution in [3.63, 3.8) is 0 Å². The average molecular weight is 781 g/mol. The average Bonchev–Trinajstić information content (AvgIpc) is 3.92. The van der Waals surface area contributed by atoms with Crippen molar-refractivity contribution in [3.05, 3.63) is 47.5 Å². The van der Waals surface area contributed by atoms with Crippen molar-refractivity contribution in [1.82, 2.24) is 24.9 Å². The molecule has 0 unspecified atom stereocenters. The Balaban J connectivity index is 1.36. The zero-order chi connectivity index (χ0) is 39.7. The SMILES string of the molecule is C=C[C@@H]1C[C@]1(NC(=O)[C@@H]1[C@H](C)[C@@H](Oc2cc(-c3nc(C(C)C)cs3)nc3c(C)c(OC)ccc23)CN1C(=O)[C@H](N)C(C)(C)C)C(=O)NS(=O)(=O)C1(C)CC1. The van der Waals surface area contributed by atoms with Crippen molar-refractivity contribution in [1.29, 1.82) is 0 Å². The quantitative estimate of drug-likeness (QED) is 0.216. The lowest BCUT2D eigenvalue weighted by molar-refractivity contribution is -0.143. The third-order valence-electron chi connectivity index (χ3n) is 11.4. The van der Waals surface area contributed by atoms with Gasteiger partial charge in [0.1, 0.15) is 39.9 Å². The van der Waals surface area contributed by atoms with Crippen molar-refractivity contribution in [2.24, 2.45) is 23.0 Å². The van der Waals surface area contributed by atoms with Crippen LogP contribution in [0.2, 0.25) is 0 Å². The zero-order valence-corrected chi connectivity index (χ0v) is 34.1. The molecule has 1 aliphatic heterocycles. The van der Waals surface area contributed by atoms with Crippen LogP contribution in [0.15, 0.2) is 36.2 Å². The van der Waals surface area contributed by atoms with E-state index in [2.05, 4.69) is 30.5 Å². The Morgan fingerprint density at radius 1 is 1.17 bits per heavy atom. The van der Waals surface area contributed by atoms with Gasteiger partial charge in [0.05, 0.1) is 35.7 Å². The number of aryl methyl sites for hydroxylation is 1. The summed E-state index contributed by atoms with van der Waals surface area (Å²) in [7, 11) is -2.38. The van der Waals surface area contributed by atoms with Gasteiger partial charge in [-0.15, -0.1) is 17.9 Å². The van der Waals surface area contributed by atoms with E-state index in [-0.39, 0.29) is 18.9 Å². The molecule has 0 bridgehead atoms. The summed E-state index contributed by atoms with van der Waals surface area (Å²) in [6.07, 6.45) is 1.89. The number of likely N-dealkylation sites (tertiary alicyclic amines) is 1. The highest BCUT2D eigenvalue weighted by molar-refractivity contribution is 7.91. The number of hydrogen-bond donors (Lipinski definition) is 3. The van der Waals surface area contributed by atoms with Crippen LogP contribution in [0.25, 0.3) is 21.6 Å². The molecule has 6 atom stereocenters. The number of amides is 3. The molecule has 15 heteroatoms. The third-order valence-corrected chi connectivity index (χ3v) is 14.4. The first-order valence-corrected chi connectivity index (χ1v) is 20.7. The van der Waals surface area contributed by atoms with Crippen LogP contribution in [0, 0.1) is 24.2 Å². The number of fused-ring (bicyclic) bond motifs is 1. The first-order valence-electron chi connectivity index (χ1n) is 18.4. The van der Waals surface area contributed by atoms with E-state index in [0.29, 0.717) is 35.6 Å². The Labute approximate surface area is 321 Å². The summed E-state index contributed by atoms with van der Waals surface area (Å²) in [6.45, 7) is 18.9. The van der Waals surface area contributed by atoms with Gasteiger partial charge in [0.25, 0.3) is 5.91 Å². The fourth-order valence-corrected chi connectivity index (χ4v) is 9.26. The Morgan fingerprint density at radius 3 is 2.41 bits per heavy atom. The molecule has 54 heavy (non-hydrogen) atoms. The highest BCUT2D eigenvalue weighted by Gasteiger charge is 2.63. The summed E-state index contributed by atoms with van der Waals surface area (Å²) >= 11 is 1.49. The van der Waals surface area contributed by atoms with E-state index in [0.717, 1.165) is 21.7 Å². The molecule has 2 saturated carbocycles. The van der Waals surface area contributed by atoms with Crippen molar-refractivity contribution < 1.29 is 32.3 Å².